The summed E-state index contributed by atoms with van der Waals surface area (Å²) < 4.78 is 39.7. The Morgan fingerprint density at radius 3 is 2.78 bits per heavy atom. The molecule has 32 heavy (non-hydrogen) atoms. The molecule has 2 aromatic heterocycles. The van der Waals surface area contributed by atoms with E-state index in [1.54, 1.807) is 6.07 Å². The van der Waals surface area contributed by atoms with Crippen LogP contribution in [0.25, 0.3) is 21.9 Å². The fourth-order valence-electron chi connectivity index (χ4n) is 3.62. The van der Waals surface area contributed by atoms with Crippen molar-refractivity contribution in [2.24, 2.45) is 0 Å². The van der Waals surface area contributed by atoms with Crippen LogP contribution in [0.15, 0.2) is 53.6 Å². The van der Waals surface area contributed by atoms with Crippen LogP contribution in [0.4, 0.5) is 13.2 Å². The lowest BCUT2D eigenvalue weighted by Gasteiger charge is -2.10. The molecule has 9 heteroatoms. The Hall–Kier alpha value is -3.62. The van der Waals surface area contributed by atoms with Gasteiger partial charge in [-0.1, -0.05) is 29.8 Å². The van der Waals surface area contributed by atoms with Gasteiger partial charge in [0.1, 0.15) is 11.0 Å². The maximum Gasteiger partial charge on any atom is 0.416 e. The topological polar surface area (TPSA) is 79.8 Å². The average Bonchev–Trinajstić information content (AvgIpc) is 3.11. The smallest absolute Gasteiger partial charge is 0.356 e. The number of carbonyl (C=O) groups excluding carboxylic acids is 1. The zero-order valence-corrected chi connectivity index (χ0v) is 17.3. The van der Waals surface area contributed by atoms with Crippen LogP contribution < -0.4 is 10.9 Å². The maximum atomic E-state index is 12.8. The van der Waals surface area contributed by atoms with Crippen molar-refractivity contribution >= 4 is 27.8 Å². The number of H-pyrrole nitrogens is 1. The van der Waals surface area contributed by atoms with E-state index in [0.29, 0.717) is 16.6 Å². The first-order valence-corrected chi connectivity index (χ1v) is 10.1. The standard InChI is InChI=1S/C23H21F3N4O2/c1-14-5-6-18-17(11-14)20-21(29-18)22(32)30(13-28-20)10-8-19(31)27-9-7-15-3-2-4-16(12-15)23(24,25)26/h2-6,11-13,29H,7-10H2,1H3,(H,27,31). The van der Waals surface area contributed by atoms with Gasteiger partial charge in [0.2, 0.25) is 5.91 Å². The number of benzene rings is 2. The Morgan fingerprint density at radius 2 is 2.00 bits per heavy atom. The molecule has 0 aliphatic rings. The van der Waals surface area contributed by atoms with E-state index < -0.39 is 11.7 Å². The van der Waals surface area contributed by atoms with Crippen molar-refractivity contribution in [2.45, 2.75) is 32.5 Å². The molecule has 6 nitrogen and oxygen atoms in total. The number of nitrogens with one attached hydrogen (secondary N) is 2. The Kier molecular flexibility index (Phi) is 5.73. The monoisotopic (exact) mass is 442 g/mol. The summed E-state index contributed by atoms with van der Waals surface area (Å²) in [7, 11) is 0. The number of fused-ring (bicyclic) bond motifs is 3. The number of hydrogen-bond acceptors (Lipinski definition) is 3. The van der Waals surface area contributed by atoms with Gasteiger partial charge in [-0.2, -0.15) is 13.2 Å². The predicted molar refractivity (Wildman–Crippen MR) is 115 cm³/mol. The van der Waals surface area contributed by atoms with Crippen molar-refractivity contribution in [1.82, 2.24) is 19.9 Å². The van der Waals surface area contributed by atoms with Gasteiger partial charge in [0.15, 0.2) is 0 Å². The summed E-state index contributed by atoms with van der Waals surface area (Å²) in [6.07, 6.45) is -2.64. The largest absolute Gasteiger partial charge is 0.416 e. The van der Waals surface area contributed by atoms with E-state index in [1.165, 1.54) is 17.0 Å². The maximum absolute atomic E-state index is 12.8. The molecule has 0 atom stereocenters. The third-order valence-corrected chi connectivity index (χ3v) is 5.30. The first kappa shape index (κ1) is 21.6. The number of rotatable bonds is 6. The third-order valence-electron chi connectivity index (χ3n) is 5.30. The van der Waals surface area contributed by atoms with Gasteiger partial charge in [0, 0.05) is 30.4 Å². The normalized spacial score (nSPS) is 11.9. The highest BCUT2D eigenvalue weighted by molar-refractivity contribution is 6.04. The van der Waals surface area contributed by atoms with Gasteiger partial charge in [0.25, 0.3) is 5.56 Å². The lowest BCUT2D eigenvalue weighted by atomic mass is 10.1. The van der Waals surface area contributed by atoms with E-state index in [9.17, 15) is 22.8 Å². The second-order valence-corrected chi connectivity index (χ2v) is 7.69. The van der Waals surface area contributed by atoms with Crippen molar-refractivity contribution < 1.29 is 18.0 Å². The van der Waals surface area contributed by atoms with Crippen molar-refractivity contribution in [3.8, 4) is 0 Å². The predicted octanol–water partition coefficient (Wildman–Crippen LogP) is 3.95. The summed E-state index contributed by atoms with van der Waals surface area (Å²) in [5.41, 5.74) is 2.37. The van der Waals surface area contributed by atoms with Gasteiger partial charge in [-0.25, -0.2) is 4.98 Å². The Bertz CT molecular complexity index is 1360. The minimum atomic E-state index is -4.40. The van der Waals surface area contributed by atoms with E-state index in [-0.39, 0.29) is 37.4 Å². The summed E-state index contributed by atoms with van der Waals surface area (Å²) in [4.78, 5) is 32.4. The average molecular weight is 442 g/mol. The zero-order chi connectivity index (χ0) is 22.9. The minimum Gasteiger partial charge on any atom is -0.356 e. The van der Waals surface area contributed by atoms with Crippen molar-refractivity contribution in [3.63, 3.8) is 0 Å². The number of carbonyl (C=O) groups is 1. The summed E-state index contributed by atoms with van der Waals surface area (Å²) in [5, 5.41) is 3.55. The van der Waals surface area contributed by atoms with E-state index in [2.05, 4.69) is 15.3 Å². The molecule has 0 fully saturated rings. The summed E-state index contributed by atoms with van der Waals surface area (Å²) in [6.45, 7) is 2.31. The van der Waals surface area contributed by atoms with Crippen LogP contribution in [0.5, 0.6) is 0 Å². The van der Waals surface area contributed by atoms with Crippen LogP contribution in [0.2, 0.25) is 0 Å². The van der Waals surface area contributed by atoms with Gasteiger partial charge in [-0.3, -0.25) is 14.2 Å². The van der Waals surface area contributed by atoms with Gasteiger partial charge in [0.05, 0.1) is 11.9 Å². The number of aryl methyl sites for hydroxylation is 2. The molecular formula is C23H21F3N4O2. The van der Waals surface area contributed by atoms with Crippen molar-refractivity contribution in [3.05, 3.63) is 75.8 Å². The van der Waals surface area contributed by atoms with E-state index in [0.717, 1.165) is 28.6 Å². The van der Waals surface area contributed by atoms with Crippen LogP contribution in [0, 0.1) is 6.92 Å². The molecule has 0 aliphatic heterocycles. The molecule has 0 aliphatic carbocycles. The van der Waals surface area contributed by atoms with E-state index in [4.69, 9.17) is 0 Å². The molecule has 2 N–H and O–H groups in total. The highest BCUT2D eigenvalue weighted by Crippen LogP contribution is 2.29. The number of halogens is 3. The Morgan fingerprint density at radius 1 is 1.19 bits per heavy atom. The zero-order valence-electron chi connectivity index (χ0n) is 17.3. The Balaban J connectivity index is 1.36. The number of nitrogens with zero attached hydrogens (tertiary/aromatic N) is 2. The molecule has 4 rings (SSSR count). The number of aromatic nitrogens is 3. The van der Waals surface area contributed by atoms with Crippen LogP contribution in [-0.2, 0) is 23.9 Å². The lowest BCUT2D eigenvalue weighted by Crippen LogP contribution is -2.29. The van der Waals surface area contributed by atoms with Crippen molar-refractivity contribution in [1.29, 1.82) is 0 Å². The molecule has 2 aromatic carbocycles. The van der Waals surface area contributed by atoms with Crippen LogP contribution in [-0.4, -0.2) is 27.0 Å². The Labute approximate surface area is 181 Å². The van der Waals surface area contributed by atoms with E-state index in [1.807, 2.05) is 25.1 Å². The first-order chi connectivity index (χ1) is 15.2. The second-order valence-electron chi connectivity index (χ2n) is 7.69. The number of amides is 1. The van der Waals surface area contributed by atoms with Gasteiger partial charge < -0.3 is 10.3 Å². The molecule has 2 heterocycles. The highest BCUT2D eigenvalue weighted by atomic mass is 19.4. The van der Waals surface area contributed by atoms with Gasteiger partial charge >= 0.3 is 6.18 Å². The summed E-state index contributed by atoms with van der Waals surface area (Å²) in [6, 6.07) is 10.8. The molecule has 0 bridgehead atoms. The fraction of sp³-hybridized carbons (Fsp3) is 0.261. The summed E-state index contributed by atoms with van der Waals surface area (Å²) >= 11 is 0. The van der Waals surface area contributed by atoms with Crippen LogP contribution in [0.3, 0.4) is 0 Å². The second kappa shape index (κ2) is 8.49. The fourth-order valence-corrected chi connectivity index (χ4v) is 3.62. The molecular weight excluding hydrogens is 421 g/mol. The minimum absolute atomic E-state index is 0.0506. The summed E-state index contributed by atoms with van der Waals surface area (Å²) in [5.74, 6) is -0.295. The molecule has 0 spiro atoms. The molecule has 166 valence electrons. The van der Waals surface area contributed by atoms with Gasteiger partial charge in [-0.05, 0) is 37.1 Å². The number of aromatic amines is 1. The van der Waals surface area contributed by atoms with Crippen molar-refractivity contribution in [2.75, 3.05) is 6.54 Å². The van der Waals surface area contributed by atoms with E-state index >= 15 is 0 Å². The lowest BCUT2D eigenvalue weighted by molar-refractivity contribution is -0.137. The number of hydrogen-bond donors (Lipinski definition) is 2. The molecule has 4 aromatic rings. The highest BCUT2D eigenvalue weighted by Gasteiger charge is 2.30. The molecule has 1 amide bonds. The van der Waals surface area contributed by atoms with Crippen LogP contribution in [0.1, 0.15) is 23.1 Å². The SMILES string of the molecule is Cc1ccc2[nH]c3c(=O)n(CCC(=O)NCCc4cccc(C(F)(F)F)c4)cnc3c2c1. The molecule has 0 saturated heterocycles. The first-order valence-electron chi connectivity index (χ1n) is 10.1. The molecule has 0 unspecified atom stereocenters. The third kappa shape index (κ3) is 4.51. The number of alkyl halides is 3. The van der Waals surface area contributed by atoms with Gasteiger partial charge in [-0.15, -0.1) is 0 Å². The molecule has 0 radical (unpaired) electrons. The quantitative estimate of drug-likeness (QED) is 0.475. The van der Waals surface area contributed by atoms with Crippen LogP contribution >= 0.6 is 0 Å². The molecule has 0 saturated carbocycles.